The van der Waals surface area contributed by atoms with Crippen LogP contribution in [0.3, 0.4) is 0 Å². The highest BCUT2D eigenvalue weighted by Crippen LogP contribution is 2.32. The van der Waals surface area contributed by atoms with Gasteiger partial charge in [-0.25, -0.2) is 5.48 Å². The van der Waals surface area contributed by atoms with E-state index in [1.807, 2.05) is 0 Å². The van der Waals surface area contributed by atoms with E-state index in [0.717, 1.165) is 0 Å². The van der Waals surface area contributed by atoms with Gasteiger partial charge in [-0.05, 0) is 12.8 Å². The number of amides is 1. The Balaban J connectivity index is 2.40. The molecular weight excluding hydrogens is 243 g/mol. The number of hydrogen-bond donors (Lipinski definition) is 2. The molecule has 1 fully saturated rings. The van der Waals surface area contributed by atoms with Crippen molar-refractivity contribution in [3.05, 3.63) is 0 Å². The number of aliphatic carboxylic acids is 1. The van der Waals surface area contributed by atoms with Gasteiger partial charge in [0.2, 0.25) is 5.91 Å². The summed E-state index contributed by atoms with van der Waals surface area (Å²) < 4.78 is 35.2. The van der Waals surface area contributed by atoms with Gasteiger partial charge in [0.05, 0.1) is 11.8 Å². The first kappa shape index (κ1) is 13.8. The minimum atomic E-state index is -4.53. The number of carbonyl (C=O) groups is 2. The molecule has 0 heterocycles. The van der Waals surface area contributed by atoms with Gasteiger partial charge in [-0.1, -0.05) is 6.42 Å². The molecule has 1 aliphatic rings. The molecule has 5 nitrogen and oxygen atoms in total. The van der Waals surface area contributed by atoms with E-state index >= 15 is 0 Å². The summed E-state index contributed by atoms with van der Waals surface area (Å²) in [5, 5.41) is 8.79. The fourth-order valence-corrected chi connectivity index (χ4v) is 1.83. The van der Waals surface area contributed by atoms with Crippen LogP contribution in [0.5, 0.6) is 0 Å². The zero-order chi connectivity index (χ0) is 13.1. The van der Waals surface area contributed by atoms with Crippen molar-refractivity contribution in [2.75, 3.05) is 6.61 Å². The van der Waals surface area contributed by atoms with Gasteiger partial charge in [0, 0.05) is 0 Å². The van der Waals surface area contributed by atoms with Crippen LogP contribution in [0.2, 0.25) is 0 Å². The Labute approximate surface area is 94.9 Å². The zero-order valence-electron chi connectivity index (χ0n) is 8.79. The fourth-order valence-electron chi connectivity index (χ4n) is 1.83. The summed E-state index contributed by atoms with van der Waals surface area (Å²) in [4.78, 5) is 26.1. The number of halogens is 3. The van der Waals surface area contributed by atoms with E-state index in [0.29, 0.717) is 19.3 Å². The maximum atomic E-state index is 11.7. The molecule has 1 aliphatic carbocycles. The Morgan fingerprint density at radius 2 is 1.88 bits per heavy atom. The number of carboxylic acids is 1. The molecule has 0 aliphatic heterocycles. The summed E-state index contributed by atoms with van der Waals surface area (Å²) in [7, 11) is 0. The second-order valence-electron chi connectivity index (χ2n) is 3.85. The Morgan fingerprint density at radius 1 is 1.29 bits per heavy atom. The van der Waals surface area contributed by atoms with Crippen LogP contribution in [0, 0.1) is 11.8 Å². The second kappa shape index (κ2) is 5.35. The first-order chi connectivity index (χ1) is 7.81. The molecule has 17 heavy (non-hydrogen) atoms. The molecule has 1 saturated carbocycles. The molecule has 0 spiro atoms. The van der Waals surface area contributed by atoms with E-state index < -0.39 is 36.5 Å². The second-order valence-corrected chi connectivity index (χ2v) is 3.85. The van der Waals surface area contributed by atoms with Crippen molar-refractivity contribution in [3.63, 3.8) is 0 Å². The molecule has 1 amide bonds. The molecule has 0 bridgehead atoms. The highest BCUT2D eigenvalue weighted by Gasteiger charge is 2.38. The van der Waals surface area contributed by atoms with Crippen LogP contribution in [0.4, 0.5) is 13.2 Å². The fraction of sp³-hybridized carbons (Fsp3) is 0.778. The molecule has 0 saturated heterocycles. The number of nitrogens with one attached hydrogen (secondary N) is 1. The quantitative estimate of drug-likeness (QED) is 0.737. The summed E-state index contributed by atoms with van der Waals surface area (Å²) in [5.41, 5.74) is 1.64. The van der Waals surface area contributed by atoms with Gasteiger partial charge in [0.15, 0.2) is 6.61 Å². The van der Waals surface area contributed by atoms with Crippen molar-refractivity contribution >= 4 is 11.9 Å². The lowest BCUT2D eigenvalue weighted by atomic mass is 9.96. The van der Waals surface area contributed by atoms with Crippen molar-refractivity contribution < 1.29 is 32.7 Å². The Bertz CT molecular complexity index is 305. The molecule has 0 aromatic rings. The molecule has 0 aromatic heterocycles. The number of hydroxylamine groups is 1. The lowest BCUT2D eigenvalue weighted by Gasteiger charge is -2.15. The summed E-state index contributed by atoms with van der Waals surface area (Å²) >= 11 is 0. The van der Waals surface area contributed by atoms with Crippen LogP contribution in [0.25, 0.3) is 0 Å². The smallest absolute Gasteiger partial charge is 0.414 e. The zero-order valence-corrected chi connectivity index (χ0v) is 8.79. The van der Waals surface area contributed by atoms with Crippen molar-refractivity contribution in [1.29, 1.82) is 0 Å². The first-order valence-corrected chi connectivity index (χ1v) is 5.02. The van der Waals surface area contributed by atoms with Crippen molar-refractivity contribution in [2.45, 2.75) is 25.4 Å². The summed E-state index contributed by atoms with van der Waals surface area (Å²) in [6.07, 6.45) is -3.27. The van der Waals surface area contributed by atoms with Gasteiger partial charge < -0.3 is 5.11 Å². The predicted molar refractivity (Wildman–Crippen MR) is 48.6 cm³/mol. The average Bonchev–Trinajstić information content (AvgIpc) is 2.63. The van der Waals surface area contributed by atoms with Gasteiger partial charge in [0.1, 0.15) is 0 Å². The Kier molecular flexibility index (Phi) is 4.33. The lowest BCUT2D eigenvalue weighted by Crippen LogP contribution is -2.37. The minimum absolute atomic E-state index is 0.345. The van der Waals surface area contributed by atoms with Gasteiger partial charge >= 0.3 is 12.1 Å². The van der Waals surface area contributed by atoms with Crippen LogP contribution in [-0.4, -0.2) is 29.8 Å². The summed E-state index contributed by atoms with van der Waals surface area (Å²) in [6.45, 7) is -1.59. The van der Waals surface area contributed by atoms with Crippen LogP contribution < -0.4 is 5.48 Å². The largest absolute Gasteiger partial charge is 0.481 e. The van der Waals surface area contributed by atoms with E-state index in [2.05, 4.69) is 4.84 Å². The van der Waals surface area contributed by atoms with Crippen LogP contribution >= 0.6 is 0 Å². The van der Waals surface area contributed by atoms with Crippen LogP contribution in [-0.2, 0) is 14.4 Å². The molecule has 2 atom stereocenters. The van der Waals surface area contributed by atoms with Gasteiger partial charge in [0.25, 0.3) is 0 Å². The lowest BCUT2D eigenvalue weighted by molar-refractivity contribution is -0.193. The number of rotatable bonds is 4. The maximum absolute atomic E-state index is 11.7. The Morgan fingerprint density at radius 3 is 2.41 bits per heavy atom. The topological polar surface area (TPSA) is 75.6 Å². The van der Waals surface area contributed by atoms with E-state index in [9.17, 15) is 22.8 Å². The predicted octanol–water partition coefficient (Wildman–Crippen LogP) is 1.10. The third-order valence-electron chi connectivity index (χ3n) is 2.58. The molecule has 1 rings (SSSR count). The van der Waals surface area contributed by atoms with Crippen LogP contribution in [0.1, 0.15) is 19.3 Å². The standard InChI is InChI=1S/C9H12F3NO4/c10-9(11,12)4-17-13-7(14)5-2-1-3-6(5)8(15)16/h5-6H,1-4H2,(H,13,14)(H,15,16). The molecule has 2 unspecified atom stereocenters. The minimum Gasteiger partial charge on any atom is -0.481 e. The molecule has 0 aromatic carbocycles. The summed E-state index contributed by atoms with van der Waals surface area (Å²) in [5.74, 6) is -3.58. The molecule has 98 valence electrons. The normalized spacial score (nSPS) is 24.6. The van der Waals surface area contributed by atoms with Gasteiger partial charge in [-0.15, -0.1) is 0 Å². The number of hydrogen-bond acceptors (Lipinski definition) is 3. The number of carboxylic acid groups (broad SMARTS) is 1. The van der Waals surface area contributed by atoms with Crippen LogP contribution in [0.15, 0.2) is 0 Å². The van der Waals surface area contributed by atoms with E-state index in [-0.39, 0.29) is 0 Å². The first-order valence-electron chi connectivity index (χ1n) is 5.02. The summed E-state index contributed by atoms with van der Waals surface area (Å²) in [6, 6.07) is 0. The van der Waals surface area contributed by atoms with Crippen molar-refractivity contribution in [3.8, 4) is 0 Å². The molecule has 0 radical (unpaired) electrons. The SMILES string of the molecule is O=C(O)C1CCCC1C(=O)NOCC(F)(F)F. The Hall–Kier alpha value is -1.31. The molecular formula is C9H12F3NO4. The number of alkyl halides is 3. The average molecular weight is 255 g/mol. The highest BCUT2D eigenvalue weighted by atomic mass is 19.4. The van der Waals surface area contributed by atoms with Gasteiger partial charge in [-0.3, -0.25) is 14.4 Å². The van der Waals surface area contributed by atoms with Crippen molar-refractivity contribution in [2.24, 2.45) is 11.8 Å². The van der Waals surface area contributed by atoms with Crippen molar-refractivity contribution in [1.82, 2.24) is 5.48 Å². The highest BCUT2D eigenvalue weighted by molar-refractivity contribution is 5.84. The van der Waals surface area contributed by atoms with E-state index in [4.69, 9.17) is 5.11 Å². The molecule has 8 heteroatoms. The monoisotopic (exact) mass is 255 g/mol. The van der Waals surface area contributed by atoms with E-state index in [1.54, 1.807) is 5.48 Å². The van der Waals surface area contributed by atoms with E-state index in [1.165, 1.54) is 0 Å². The molecule has 2 N–H and O–H groups in total. The third-order valence-corrected chi connectivity index (χ3v) is 2.58. The van der Waals surface area contributed by atoms with Gasteiger partial charge in [-0.2, -0.15) is 13.2 Å². The maximum Gasteiger partial charge on any atom is 0.414 e. The third kappa shape index (κ3) is 4.22. The number of carbonyl (C=O) groups excluding carboxylic acids is 1.